The van der Waals surface area contributed by atoms with Crippen molar-refractivity contribution in [1.82, 2.24) is 15.1 Å². The third kappa shape index (κ3) is 5.44. The second-order valence-electron chi connectivity index (χ2n) is 4.69. The molecule has 0 aromatic heterocycles. The highest BCUT2D eigenvalue weighted by atomic mass is 16.4. The first-order valence-electron chi connectivity index (χ1n) is 5.90. The van der Waals surface area contributed by atoms with E-state index in [-0.39, 0.29) is 6.42 Å². The zero-order chi connectivity index (χ0) is 12.0. The van der Waals surface area contributed by atoms with Gasteiger partial charge in [-0.2, -0.15) is 0 Å². The van der Waals surface area contributed by atoms with Crippen LogP contribution in [0.5, 0.6) is 0 Å². The first-order valence-corrected chi connectivity index (χ1v) is 5.90. The predicted molar refractivity (Wildman–Crippen MR) is 63.7 cm³/mol. The highest BCUT2D eigenvalue weighted by Gasteiger charge is 2.19. The van der Waals surface area contributed by atoms with Crippen molar-refractivity contribution in [3.05, 3.63) is 0 Å². The summed E-state index contributed by atoms with van der Waals surface area (Å²) in [6, 6.07) is 0.340. The average Bonchev–Trinajstić information content (AvgIpc) is 2.24. The van der Waals surface area contributed by atoms with Gasteiger partial charge in [0, 0.05) is 45.2 Å². The second kappa shape index (κ2) is 6.83. The predicted octanol–water partition coefficient (Wildman–Crippen LogP) is -0.313. The lowest BCUT2D eigenvalue weighted by Crippen LogP contribution is -2.51. The first-order chi connectivity index (χ1) is 7.58. The molecule has 1 aliphatic rings. The van der Waals surface area contributed by atoms with Gasteiger partial charge in [-0.05, 0) is 20.5 Å². The maximum atomic E-state index is 10.5. The molecule has 0 aliphatic carbocycles. The van der Waals surface area contributed by atoms with Crippen molar-refractivity contribution in [3.63, 3.8) is 0 Å². The van der Waals surface area contributed by atoms with E-state index >= 15 is 0 Å². The molecule has 1 atom stereocenters. The Balaban J connectivity index is 2.21. The topological polar surface area (TPSA) is 55.8 Å². The van der Waals surface area contributed by atoms with Crippen LogP contribution >= 0.6 is 0 Å². The Labute approximate surface area is 97.4 Å². The molecule has 2 N–H and O–H groups in total. The second-order valence-corrected chi connectivity index (χ2v) is 4.69. The van der Waals surface area contributed by atoms with Crippen LogP contribution in [0.3, 0.4) is 0 Å². The summed E-state index contributed by atoms with van der Waals surface area (Å²) in [7, 11) is 4.15. The van der Waals surface area contributed by atoms with Crippen molar-refractivity contribution < 1.29 is 9.90 Å². The highest BCUT2D eigenvalue weighted by Crippen LogP contribution is 2.05. The number of hydrogen-bond donors (Lipinski definition) is 2. The van der Waals surface area contributed by atoms with Crippen molar-refractivity contribution in [2.45, 2.75) is 18.9 Å². The number of rotatable bonds is 6. The SMILES string of the molecule is CN(C)CCN1CCNC(CCC(=O)O)C1. The Kier molecular flexibility index (Phi) is 5.73. The lowest BCUT2D eigenvalue weighted by atomic mass is 10.1. The summed E-state index contributed by atoms with van der Waals surface area (Å²) in [4.78, 5) is 15.1. The molecule has 5 heteroatoms. The van der Waals surface area contributed by atoms with E-state index in [9.17, 15) is 4.79 Å². The smallest absolute Gasteiger partial charge is 0.303 e. The Morgan fingerprint density at radius 3 is 2.94 bits per heavy atom. The summed E-state index contributed by atoms with van der Waals surface area (Å²) < 4.78 is 0. The molecule has 94 valence electrons. The van der Waals surface area contributed by atoms with Crippen molar-refractivity contribution in [2.75, 3.05) is 46.8 Å². The van der Waals surface area contributed by atoms with Crippen LogP contribution in [0.4, 0.5) is 0 Å². The molecule has 16 heavy (non-hydrogen) atoms. The molecule has 0 bridgehead atoms. The Morgan fingerprint density at radius 1 is 1.56 bits per heavy atom. The fraction of sp³-hybridized carbons (Fsp3) is 0.909. The molecule has 0 aromatic carbocycles. The van der Waals surface area contributed by atoms with Gasteiger partial charge in [0.1, 0.15) is 0 Å². The van der Waals surface area contributed by atoms with E-state index in [0.29, 0.717) is 6.04 Å². The number of hydrogen-bond acceptors (Lipinski definition) is 4. The lowest BCUT2D eigenvalue weighted by Gasteiger charge is -2.34. The number of nitrogens with one attached hydrogen (secondary N) is 1. The van der Waals surface area contributed by atoms with Gasteiger partial charge < -0.3 is 15.3 Å². The molecule has 1 unspecified atom stereocenters. The molecule has 1 aliphatic heterocycles. The standard InChI is InChI=1S/C11H23N3O2/c1-13(2)7-8-14-6-5-12-10(9-14)3-4-11(15)16/h10,12H,3-9H2,1-2H3,(H,15,16). The minimum absolute atomic E-state index is 0.263. The number of piperazine rings is 1. The number of carbonyl (C=O) groups is 1. The summed E-state index contributed by atoms with van der Waals surface area (Å²) in [5.74, 6) is -0.702. The van der Waals surface area contributed by atoms with Crippen molar-refractivity contribution in [3.8, 4) is 0 Å². The molecule has 1 fully saturated rings. The van der Waals surface area contributed by atoms with Crippen LogP contribution in [0, 0.1) is 0 Å². The van der Waals surface area contributed by atoms with E-state index in [1.807, 2.05) is 0 Å². The zero-order valence-corrected chi connectivity index (χ0v) is 10.3. The summed E-state index contributed by atoms with van der Waals surface area (Å²) in [6.45, 7) is 5.14. The fourth-order valence-corrected chi connectivity index (χ4v) is 1.93. The number of aliphatic carboxylic acids is 1. The number of nitrogens with zero attached hydrogens (tertiary/aromatic N) is 2. The molecule has 0 amide bonds. The fourth-order valence-electron chi connectivity index (χ4n) is 1.93. The van der Waals surface area contributed by atoms with Crippen LogP contribution in [0.25, 0.3) is 0 Å². The molecule has 1 saturated heterocycles. The van der Waals surface area contributed by atoms with Gasteiger partial charge in [0.2, 0.25) is 0 Å². The first kappa shape index (κ1) is 13.4. The lowest BCUT2D eigenvalue weighted by molar-refractivity contribution is -0.137. The zero-order valence-electron chi connectivity index (χ0n) is 10.3. The Bertz CT molecular complexity index is 221. The molecular weight excluding hydrogens is 206 g/mol. The van der Waals surface area contributed by atoms with E-state index in [2.05, 4.69) is 29.2 Å². The molecule has 0 spiro atoms. The minimum atomic E-state index is -0.702. The third-order valence-electron chi connectivity index (χ3n) is 2.91. The number of likely N-dealkylation sites (N-methyl/N-ethyl adjacent to an activating group) is 1. The van der Waals surface area contributed by atoms with Gasteiger partial charge in [-0.3, -0.25) is 9.69 Å². The van der Waals surface area contributed by atoms with Gasteiger partial charge in [-0.15, -0.1) is 0 Å². The quantitative estimate of drug-likeness (QED) is 0.654. The largest absolute Gasteiger partial charge is 0.481 e. The summed E-state index contributed by atoms with van der Waals surface area (Å²) in [5, 5.41) is 12.0. The molecule has 5 nitrogen and oxygen atoms in total. The van der Waals surface area contributed by atoms with E-state index in [1.165, 1.54) is 0 Å². The van der Waals surface area contributed by atoms with Gasteiger partial charge in [0.05, 0.1) is 0 Å². The third-order valence-corrected chi connectivity index (χ3v) is 2.91. The van der Waals surface area contributed by atoms with Gasteiger partial charge in [0.25, 0.3) is 0 Å². The van der Waals surface area contributed by atoms with E-state index in [1.54, 1.807) is 0 Å². The van der Waals surface area contributed by atoms with E-state index in [0.717, 1.165) is 39.1 Å². The van der Waals surface area contributed by atoms with Crippen LogP contribution in [0.1, 0.15) is 12.8 Å². The molecular formula is C11H23N3O2. The minimum Gasteiger partial charge on any atom is -0.481 e. The number of carboxylic acids is 1. The molecule has 1 heterocycles. The van der Waals surface area contributed by atoms with Gasteiger partial charge in [0.15, 0.2) is 0 Å². The number of carboxylic acid groups (broad SMARTS) is 1. The van der Waals surface area contributed by atoms with Crippen LogP contribution < -0.4 is 5.32 Å². The summed E-state index contributed by atoms with van der Waals surface area (Å²) in [6.07, 6.45) is 0.993. The average molecular weight is 229 g/mol. The normalized spacial score (nSPS) is 22.6. The maximum absolute atomic E-state index is 10.5. The van der Waals surface area contributed by atoms with Crippen LogP contribution in [0.2, 0.25) is 0 Å². The van der Waals surface area contributed by atoms with Gasteiger partial charge in [-0.25, -0.2) is 0 Å². The molecule has 1 rings (SSSR count). The Hall–Kier alpha value is -0.650. The van der Waals surface area contributed by atoms with Crippen molar-refractivity contribution in [1.29, 1.82) is 0 Å². The molecule has 0 saturated carbocycles. The highest BCUT2D eigenvalue weighted by molar-refractivity contribution is 5.66. The summed E-state index contributed by atoms with van der Waals surface area (Å²) >= 11 is 0. The van der Waals surface area contributed by atoms with Gasteiger partial charge >= 0.3 is 5.97 Å². The van der Waals surface area contributed by atoms with Crippen LogP contribution in [-0.2, 0) is 4.79 Å². The molecule has 0 aromatic rings. The van der Waals surface area contributed by atoms with Gasteiger partial charge in [-0.1, -0.05) is 0 Å². The maximum Gasteiger partial charge on any atom is 0.303 e. The van der Waals surface area contributed by atoms with Crippen molar-refractivity contribution >= 4 is 5.97 Å². The van der Waals surface area contributed by atoms with E-state index in [4.69, 9.17) is 5.11 Å². The summed E-state index contributed by atoms with van der Waals surface area (Å²) in [5.41, 5.74) is 0. The monoisotopic (exact) mass is 229 g/mol. The molecule has 0 radical (unpaired) electrons. The Morgan fingerprint density at radius 2 is 2.31 bits per heavy atom. The van der Waals surface area contributed by atoms with Crippen molar-refractivity contribution in [2.24, 2.45) is 0 Å². The van der Waals surface area contributed by atoms with Crippen LogP contribution in [-0.4, -0.2) is 73.7 Å². The van der Waals surface area contributed by atoms with E-state index < -0.39 is 5.97 Å². The van der Waals surface area contributed by atoms with Crippen LogP contribution in [0.15, 0.2) is 0 Å².